The summed E-state index contributed by atoms with van der Waals surface area (Å²) in [5.74, 6) is -0.150. The Bertz CT molecular complexity index is 1250. The molecule has 0 aliphatic heterocycles. The second-order valence-corrected chi connectivity index (χ2v) is 7.66. The van der Waals surface area contributed by atoms with Gasteiger partial charge in [-0.2, -0.15) is 0 Å². The Hall–Kier alpha value is -3.34. The lowest BCUT2D eigenvalue weighted by atomic mass is 10.0. The van der Waals surface area contributed by atoms with Gasteiger partial charge in [0.1, 0.15) is 5.52 Å². The fourth-order valence-electron chi connectivity index (χ4n) is 3.97. The summed E-state index contributed by atoms with van der Waals surface area (Å²) in [6, 6.07) is 18.1. The summed E-state index contributed by atoms with van der Waals surface area (Å²) >= 11 is 0. The van der Waals surface area contributed by atoms with Crippen LogP contribution in [0.5, 0.6) is 0 Å². The molecule has 1 unspecified atom stereocenters. The van der Waals surface area contributed by atoms with E-state index in [1.54, 1.807) is 13.2 Å². The average molecular weight is 387 g/mol. The number of aryl methyl sites for hydroxylation is 3. The lowest BCUT2D eigenvalue weighted by Crippen LogP contribution is -2.34. The average Bonchev–Trinajstić information content (AvgIpc) is 3.03. The van der Waals surface area contributed by atoms with Crippen LogP contribution >= 0.6 is 0 Å². The maximum Gasteiger partial charge on any atom is 0.274 e. The quantitative estimate of drug-likeness (QED) is 0.567. The first-order valence-electron chi connectivity index (χ1n) is 9.89. The monoisotopic (exact) mass is 387 g/mol. The lowest BCUT2D eigenvalue weighted by molar-refractivity contribution is 0.0939. The van der Waals surface area contributed by atoms with Crippen molar-refractivity contribution >= 4 is 27.7 Å². The van der Waals surface area contributed by atoms with E-state index in [4.69, 9.17) is 0 Å². The highest BCUT2D eigenvalue weighted by atomic mass is 16.2. The molecule has 1 amide bonds. The Balaban J connectivity index is 1.68. The first-order valence-corrected chi connectivity index (χ1v) is 9.89. The molecule has 2 heterocycles. The van der Waals surface area contributed by atoms with Crippen LogP contribution in [0.1, 0.15) is 29.3 Å². The van der Waals surface area contributed by atoms with Gasteiger partial charge in [0, 0.05) is 42.6 Å². The molecule has 2 aromatic carbocycles. The zero-order valence-electron chi connectivity index (χ0n) is 17.0. The van der Waals surface area contributed by atoms with Crippen LogP contribution in [0.2, 0.25) is 0 Å². The van der Waals surface area contributed by atoms with E-state index in [9.17, 15) is 9.59 Å². The highest BCUT2D eigenvalue weighted by molar-refractivity contribution is 6.17. The Morgan fingerprint density at radius 2 is 1.72 bits per heavy atom. The van der Waals surface area contributed by atoms with Crippen molar-refractivity contribution in [2.45, 2.75) is 25.8 Å². The van der Waals surface area contributed by atoms with Crippen LogP contribution in [0.4, 0.5) is 0 Å². The number of nitrogens with zero attached hydrogens (tertiary/aromatic N) is 2. The maximum absolute atomic E-state index is 13.2. The van der Waals surface area contributed by atoms with E-state index in [0.717, 1.165) is 29.1 Å². The molecule has 0 saturated heterocycles. The van der Waals surface area contributed by atoms with Gasteiger partial charge in [0.15, 0.2) is 0 Å². The first-order chi connectivity index (χ1) is 14.0. The molecular formula is C24H25N3O2. The summed E-state index contributed by atoms with van der Waals surface area (Å²) < 4.78 is 3.37. The van der Waals surface area contributed by atoms with Gasteiger partial charge in [0.2, 0.25) is 0 Å². The lowest BCUT2D eigenvalue weighted by Gasteiger charge is -2.15. The Morgan fingerprint density at radius 3 is 2.48 bits per heavy atom. The van der Waals surface area contributed by atoms with Crippen LogP contribution in [0.15, 0.2) is 65.6 Å². The summed E-state index contributed by atoms with van der Waals surface area (Å²) in [6.45, 7) is 2.02. The van der Waals surface area contributed by atoms with Gasteiger partial charge in [-0.25, -0.2) is 0 Å². The third kappa shape index (κ3) is 3.44. The molecule has 4 aromatic rings. The van der Waals surface area contributed by atoms with Gasteiger partial charge < -0.3 is 14.5 Å². The van der Waals surface area contributed by atoms with E-state index in [2.05, 4.69) is 17.4 Å². The molecule has 0 bridgehead atoms. The molecular weight excluding hydrogens is 362 g/mol. The smallest absolute Gasteiger partial charge is 0.274 e. The number of rotatable bonds is 5. The molecule has 0 saturated carbocycles. The zero-order chi connectivity index (χ0) is 20.5. The number of pyridine rings is 1. The largest absolute Gasteiger partial charge is 0.350 e. The number of hydrogen-bond acceptors (Lipinski definition) is 2. The SMILES string of the molecule is CC(CCc1ccccc1)NC(=O)c1cn(C)c(=O)c2c1c1ccccc1n2C. The molecule has 1 atom stereocenters. The predicted molar refractivity (Wildman–Crippen MR) is 117 cm³/mol. The number of hydrogen-bond donors (Lipinski definition) is 1. The molecule has 0 aliphatic carbocycles. The van der Waals surface area contributed by atoms with E-state index in [0.29, 0.717) is 11.1 Å². The van der Waals surface area contributed by atoms with Crippen molar-refractivity contribution in [2.24, 2.45) is 14.1 Å². The molecule has 2 aromatic heterocycles. The number of benzene rings is 2. The summed E-state index contributed by atoms with van der Waals surface area (Å²) in [5, 5.41) is 4.76. The normalized spacial score (nSPS) is 12.4. The van der Waals surface area contributed by atoms with Gasteiger partial charge in [-0.05, 0) is 31.4 Å². The van der Waals surface area contributed by atoms with Crippen molar-refractivity contribution in [2.75, 3.05) is 0 Å². The van der Waals surface area contributed by atoms with Crippen LogP contribution in [-0.4, -0.2) is 21.1 Å². The van der Waals surface area contributed by atoms with Gasteiger partial charge in [0.05, 0.1) is 5.56 Å². The van der Waals surface area contributed by atoms with E-state index < -0.39 is 0 Å². The third-order valence-electron chi connectivity index (χ3n) is 5.55. The summed E-state index contributed by atoms with van der Waals surface area (Å²) in [6.07, 6.45) is 3.40. The first kappa shape index (κ1) is 19.0. The van der Waals surface area contributed by atoms with Crippen molar-refractivity contribution in [3.8, 4) is 0 Å². The fourth-order valence-corrected chi connectivity index (χ4v) is 3.97. The molecule has 1 N–H and O–H groups in total. The van der Waals surface area contributed by atoms with Gasteiger partial charge in [-0.1, -0.05) is 48.5 Å². The van der Waals surface area contributed by atoms with Crippen LogP contribution < -0.4 is 10.9 Å². The third-order valence-corrected chi connectivity index (χ3v) is 5.55. The van der Waals surface area contributed by atoms with Gasteiger partial charge >= 0.3 is 0 Å². The summed E-state index contributed by atoms with van der Waals surface area (Å²) in [5.41, 5.74) is 3.18. The highest BCUT2D eigenvalue weighted by Crippen LogP contribution is 2.28. The predicted octanol–water partition coefficient (Wildman–Crippen LogP) is 3.78. The van der Waals surface area contributed by atoms with E-state index in [1.165, 1.54) is 10.1 Å². The van der Waals surface area contributed by atoms with Gasteiger partial charge in [0.25, 0.3) is 11.5 Å². The second kappa shape index (κ2) is 7.59. The fraction of sp³-hybridized carbons (Fsp3) is 0.250. The van der Waals surface area contributed by atoms with Crippen LogP contribution in [-0.2, 0) is 20.5 Å². The van der Waals surface area contributed by atoms with Crippen molar-refractivity contribution in [3.05, 3.63) is 82.3 Å². The molecule has 4 rings (SSSR count). The van der Waals surface area contributed by atoms with Gasteiger partial charge in [-0.15, -0.1) is 0 Å². The molecule has 0 radical (unpaired) electrons. The Morgan fingerprint density at radius 1 is 1.03 bits per heavy atom. The molecule has 5 heteroatoms. The highest BCUT2D eigenvalue weighted by Gasteiger charge is 2.21. The minimum Gasteiger partial charge on any atom is -0.350 e. The Labute approximate surface area is 169 Å². The van der Waals surface area contributed by atoms with Crippen molar-refractivity contribution in [1.29, 1.82) is 0 Å². The topological polar surface area (TPSA) is 56.0 Å². The summed E-state index contributed by atoms with van der Waals surface area (Å²) in [7, 11) is 3.56. The molecule has 5 nitrogen and oxygen atoms in total. The van der Waals surface area contributed by atoms with Crippen molar-refractivity contribution in [1.82, 2.24) is 14.5 Å². The number of amides is 1. The number of aromatic nitrogens is 2. The molecule has 0 spiro atoms. The molecule has 0 fully saturated rings. The molecule has 0 aliphatic rings. The van der Waals surface area contributed by atoms with E-state index in [-0.39, 0.29) is 17.5 Å². The molecule has 148 valence electrons. The van der Waals surface area contributed by atoms with Crippen molar-refractivity contribution in [3.63, 3.8) is 0 Å². The summed E-state index contributed by atoms with van der Waals surface area (Å²) in [4.78, 5) is 25.9. The maximum atomic E-state index is 13.2. The van der Waals surface area contributed by atoms with Crippen LogP contribution in [0.3, 0.4) is 0 Å². The van der Waals surface area contributed by atoms with Gasteiger partial charge in [-0.3, -0.25) is 9.59 Å². The van der Waals surface area contributed by atoms with E-state index >= 15 is 0 Å². The molecule has 29 heavy (non-hydrogen) atoms. The zero-order valence-corrected chi connectivity index (χ0v) is 17.0. The number of carbonyl (C=O) groups is 1. The number of para-hydroxylation sites is 1. The second-order valence-electron chi connectivity index (χ2n) is 7.66. The minimum absolute atomic E-state index is 0.0185. The number of fused-ring (bicyclic) bond motifs is 3. The Kier molecular flexibility index (Phi) is 4.97. The van der Waals surface area contributed by atoms with E-state index in [1.807, 2.05) is 61.0 Å². The standard InChI is InChI=1S/C24H25N3O2/c1-16(13-14-17-9-5-4-6-10-17)25-23(28)19-15-26(2)24(29)22-21(19)18-11-7-8-12-20(18)27(22)3/h4-12,15-16H,13-14H2,1-3H3,(H,25,28). The number of nitrogens with one attached hydrogen (secondary N) is 1. The van der Waals surface area contributed by atoms with Crippen molar-refractivity contribution < 1.29 is 4.79 Å². The minimum atomic E-state index is -0.150. The van der Waals surface area contributed by atoms with Crippen LogP contribution in [0.25, 0.3) is 21.8 Å². The number of carbonyl (C=O) groups excluding carboxylic acids is 1. The van der Waals surface area contributed by atoms with Crippen LogP contribution in [0, 0.1) is 0 Å².